The van der Waals surface area contributed by atoms with Gasteiger partial charge in [-0.2, -0.15) is 0 Å². The van der Waals surface area contributed by atoms with Crippen LogP contribution in [0, 0.1) is 0 Å². The second kappa shape index (κ2) is 5.48. The van der Waals surface area contributed by atoms with Crippen LogP contribution in [0.15, 0.2) is 12.1 Å². The minimum atomic E-state index is -1.29. The highest BCUT2D eigenvalue weighted by atomic mass is 35.5. The maximum Gasteiger partial charge on any atom is 0.253 e. The molecule has 88 valence electrons. The Balaban J connectivity index is 2.87. The predicted octanol–water partition coefficient (Wildman–Crippen LogP) is 1.95. The second-order valence-electron chi connectivity index (χ2n) is 3.61. The van der Waals surface area contributed by atoms with Gasteiger partial charge in [0.1, 0.15) is 10.3 Å². The maximum absolute atomic E-state index is 11.5. The molecule has 0 spiro atoms. The van der Waals surface area contributed by atoms with Crippen molar-refractivity contribution in [2.24, 2.45) is 0 Å². The molecule has 0 aliphatic rings. The van der Waals surface area contributed by atoms with Gasteiger partial charge in [0.2, 0.25) is 0 Å². The number of aliphatic hydroxyl groups excluding tert-OH is 1. The molecule has 1 aromatic heterocycles. The highest BCUT2D eigenvalue weighted by molar-refractivity contribution is 6.32. The van der Waals surface area contributed by atoms with E-state index in [2.05, 4.69) is 10.3 Å². The van der Waals surface area contributed by atoms with E-state index >= 15 is 0 Å². The number of carbonyl (C=O) groups is 1. The van der Waals surface area contributed by atoms with Gasteiger partial charge in [-0.05, 0) is 31.5 Å². The predicted molar refractivity (Wildman–Crippen MR) is 62.5 cm³/mol. The van der Waals surface area contributed by atoms with Crippen molar-refractivity contribution in [3.05, 3.63) is 28.0 Å². The van der Waals surface area contributed by atoms with E-state index in [1.54, 1.807) is 13.8 Å². The summed E-state index contributed by atoms with van der Waals surface area (Å²) in [5.74, 6) is -0.492. The molecule has 0 bridgehead atoms. The van der Waals surface area contributed by atoms with Crippen molar-refractivity contribution >= 4 is 29.1 Å². The van der Waals surface area contributed by atoms with E-state index in [1.165, 1.54) is 12.1 Å². The van der Waals surface area contributed by atoms with E-state index in [4.69, 9.17) is 23.2 Å². The molecule has 16 heavy (non-hydrogen) atoms. The summed E-state index contributed by atoms with van der Waals surface area (Å²) in [6.07, 6.45) is -1.29. The molecule has 0 aromatic carbocycles. The molecule has 1 heterocycles. The number of carbonyl (C=O) groups excluding carboxylic acids is 1. The first kappa shape index (κ1) is 13.2. The third kappa shape index (κ3) is 3.63. The lowest BCUT2D eigenvalue weighted by Crippen LogP contribution is -2.34. The van der Waals surface area contributed by atoms with Crippen molar-refractivity contribution in [3.8, 4) is 0 Å². The monoisotopic (exact) mass is 262 g/mol. The zero-order valence-corrected chi connectivity index (χ0v) is 10.4. The van der Waals surface area contributed by atoms with Crippen LogP contribution >= 0.6 is 23.2 Å². The summed E-state index contributed by atoms with van der Waals surface area (Å²) in [6.45, 7) is 3.61. The van der Waals surface area contributed by atoms with Crippen molar-refractivity contribution in [1.82, 2.24) is 10.3 Å². The molecule has 1 aromatic rings. The van der Waals surface area contributed by atoms with Crippen molar-refractivity contribution < 1.29 is 9.90 Å². The minimum Gasteiger partial charge on any atom is -0.378 e. The van der Waals surface area contributed by atoms with Crippen LogP contribution in [0.2, 0.25) is 10.3 Å². The number of pyridine rings is 1. The lowest BCUT2D eigenvalue weighted by Gasteiger charge is -2.14. The Hall–Kier alpha value is -0.840. The van der Waals surface area contributed by atoms with Gasteiger partial charge in [0.15, 0.2) is 6.10 Å². The van der Waals surface area contributed by atoms with Gasteiger partial charge in [0, 0.05) is 6.04 Å². The molecule has 0 aliphatic heterocycles. The fraction of sp³-hybridized carbons (Fsp3) is 0.400. The molecule has 1 unspecified atom stereocenters. The van der Waals surface area contributed by atoms with Crippen LogP contribution in [0.1, 0.15) is 25.5 Å². The van der Waals surface area contributed by atoms with E-state index < -0.39 is 12.0 Å². The topological polar surface area (TPSA) is 62.2 Å². The summed E-state index contributed by atoms with van der Waals surface area (Å²) in [7, 11) is 0. The van der Waals surface area contributed by atoms with Crippen LogP contribution in [-0.4, -0.2) is 22.0 Å². The standard InChI is InChI=1S/C10H12Cl2N2O2/c1-5(2)13-10(16)9(15)6-3-7(11)14-8(12)4-6/h3-5,9,15H,1-2H3,(H,13,16). The Morgan fingerprint density at radius 2 is 1.88 bits per heavy atom. The summed E-state index contributed by atoms with van der Waals surface area (Å²) in [6, 6.07) is 2.76. The normalized spacial score (nSPS) is 12.6. The summed E-state index contributed by atoms with van der Waals surface area (Å²) in [4.78, 5) is 15.2. The van der Waals surface area contributed by atoms with E-state index in [-0.39, 0.29) is 16.3 Å². The van der Waals surface area contributed by atoms with Gasteiger partial charge in [0.05, 0.1) is 0 Å². The maximum atomic E-state index is 11.5. The molecule has 0 saturated heterocycles. The number of hydrogen-bond donors (Lipinski definition) is 2. The van der Waals surface area contributed by atoms with Gasteiger partial charge < -0.3 is 10.4 Å². The van der Waals surface area contributed by atoms with E-state index in [0.29, 0.717) is 5.56 Å². The van der Waals surface area contributed by atoms with Crippen LogP contribution in [0.25, 0.3) is 0 Å². The third-order valence-corrected chi connectivity index (χ3v) is 2.17. The largest absolute Gasteiger partial charge is 0.378 e. The first-order valence-electron chi connectivity index (χ1n) is 4.71. The van der Waals surface area contributed by atoms with Crippen LogP contribution < -0.4 is 5.32 Å². The molecule has 1 atom stereocenters. The van der Waals surface area contributed by atoms with Crippen LogP contribution in [-0.2, 0) is 4.79 Å². The summed E-state index contributed by atoms with van der Waals surface area (Å²) in [5.41, 5.74) is 0.322. The van der Waals surface area contributed by atoms with Crippen molar-refractivity contribution in [3.63, 3.8) is 0 Å². The van der Waals surface area contributed by atoms with Gasteiger partial charge in [0.25, 0.3) is 5.91 Å². The number of hydrogen-bond acceptors (Lipinski definition) is 3. The summed E-state index contributed by atoms with van der Waals surface area (Å²) < 4.78 is 0. The molecular formula is C10H12Cl2N2O2. The molecule has 6 heteroatoms. The Bertz CT molecular complexity index is 376. The number of halogens is 2. The fourth-order valence-corrected chi connectivity index (χ4v) is 1.63. The number of aliphatic hydroxyl groups is 1. The van der Waals surface area contributed by atoms with Crippen molar-refractivity contribution in [1.29, 1.82) is 0 Å². The SMILES string of the molecule is CC(C)NC(=O)C(O)c1cc(Cl)nc(Cl)c1. The van der Waals surface area contributed by atoms with Crippen LogP contribution in [0.3, 0.4) is 0 Å². The van der Waals surface area contributed by atoms with Gasteiger partial charge >= 0.3 is 0 Å². The number of amides is 1. The minimum absolute atomic E-state index is 0.0464. The van der Waals surface area contributed by atoms with Gasteiger partial charge in [-0.15, -0.1) is 0 Å². The van der Waals surface area contributed by atoms with Crippen molar-refractivity contribution in [2.45, 2.75) is 26.0 Å². The smallest absolute Gasteiger partial charge is 0.253 e. The van der Waals surface area contributed by atoms with Crippen molar-refractivity contribution in [2.75, 3.05) is 0 Å². The Labute approximate surface area is 104 Å². The van der Waals surface area contributed by atoms with Gasteiger partial charge in [-0.3, -0.25) is 4.79 Å². The van der Waals surface area contributed by atoms with Crippen LogP contribution in [0.4, 0.5) is 0 Å². The van der Waals surface area contributed by atoms with Gasteiger partial charge in [-0.25, -0.2) is 4.98 Å². The molecule has 0 fully saturated rings. The molecule has 0 saturated carbocycles. The number of rotatable bonds is 3. The zero-order valence-electron chi connectivity index (χ0n) is 8.87. The molecule has 0 aliphatic carbocycles. The fourth-order valence-electron chi connectivity index (χ4n) is 1.16. The summed E-state index contributed by atoms with van der Waals surface area (Å²) in [5, 5.41) is 12.6. The highest BCUT2D eigenvalue weighted by Crippen LogP contribution is 2.20. The molecular weight excluding hydrogens is 251 g/mol. The number of nitrogens with one attached hydrogen (secondary N) is 1. The zero-order chi connectivity index (χ0) is 12.3. The molecule has 0 radical (unpaired) electrons. The average Bonchev–Trinajstić information content (AvgIpc) is 2.13. The third-order valence-electron chi connectivity index (χ3n) is 1.78. The average molecular weight is 263 g/mol. The lowest BCUT2D eigenvalue weighted by molar-refractivity contribution is -0.130. The summed E-state index contributed by atoms with van der Waals surface area (Å²) >= 11 is 11.3. The first-order chi connectivity index (χ1) is 7.40. The number of aromatic nitrogens is 1. The second-order valence-corrected chi connectivity index (χ2v) is 4.39. The van der Waals surface area contributed by atoms with E-state index in [1.807, 2.05) is 0 Å². The lowest BCUT2D eigenvalue weighted by atomic mass is 10.1. The molecule has 1 amide bonds. The number of nitrogens with zero attached hydrogens (tertiary/aromatic N) is 1. The van der Waals surface area contributed by atoms with E-state index in [0.717, 1.165) is 0 Å². The molecule has 1 rings (SSSR count). The van der Waals surface area contributed by atoms with E-state index in [9.17, 15) is 9.90 Å². The Morgan fingerprint density at radius 1 is 1.38 bits per heavy atom. The van der Waals surface area contributed by atoms with Gasteiger partial charge in [-0.1, -0.05) is 23.2 Å². The quantitative estimate of drug-likeness (QED) is 0.819. The Kier molecular flexibility index (Phi) is 4.53. The molecule has 2 N–H and O–H groups in total. The first-order valence-corrected chi connectivity index (χ1v) is 5.47. The molecule has 4 nitrogen and oxygen atoms in total. The van der Waals surface area contributed by atoms with Crippen LogP contribution in [0.5, 0.6) is 0 Å². The highest BCUT2D eigenvalue weighted by Gasteiger charge is 2.19. The Morgan fingerprint density at radius 3 is 2.31 bits per heavy atom.